The van der Waals surface area contributed by atoms with Crippen LogP contribution >= 0.6 is 11.8 Å². The third-order valence-electron chi connectivity index (χ3n) is 4.89. The predicted molar refractivity (Wildman–Crippen MR) is 115 cm³/mol. The number of nitrogens with zero attached hydrogens (tertiary/aromatic N) is 3. The highest BCUT2D eigenvalue weighted by Crippen LogP contribution is 2.18. The molecule has 30 heavy (non-hydrogen) atoms. The summed E-state index contributed by atoms with van der Waals surface area (Å²) in [6.07, 6.45) is 1.97. The lowest BCUT2D eigenvalue weighted by Crippen LogP contribution is -2.44. The predicted octanol–water partition coefficient (Wildman–Crippen LogP) is 1.73. The number of methoxy groups -OCH3 is 1. The van der Waals surface area contributed by atoms with E-state index in [1.807, 2.05) is 4.90 Å². The maximum atomic E-state index is 12.3. The Bertz CT molecular complexity index is 918. The van der Waals surface area contributed by atoms with Crippen LogP contribution in [0, 0.1) is 11.3 Å². The number of benzene rings is 1. The van der Waals surface area contributed by atoms with Crippen molar-refractivity contribution in [1.29, 1.82) is 5.41 Å². The highest BCUT2D eigenvalue weighted by atomic mass is 32.2. The van der Waals surface area contributed by atoms with Gasteiger partial charge < -0.3 is 9.64 Å². The molecule has 1 fully saturated rings. The second kappa shape index (κ2) is 9.66. The van der Waals surface area contributed by atoms with Gasteiger partial charge in [0.25, 0.3) is 11.8 Å². The lowest BCUT2D eigenvalue weighted by atomic mass is 9.99. The van der Waals surface area contributed by atoms with Crippen LogP contribution in [0.4, 0.5) is 0 Å². The van der Waals surface area contributed by atoms with Gasteiger partial charge in [-0.3, -0.25) is 25.1 Å². The van der Waals surface area contributed by atoms with Gasteiger partial charge in [0.2, 0.25) is 5.91 Å². The number of carbonyl (C=O) groups excluding carboxylic acids is 3. The van der Waals surface area contributed by atoms with Crippen molar-refractivity contribution in [3.63, 3.8) is 0 Å². The van der Waals surface area contributed by atoms with E-state index in [0.717, 1.165) is 37.7 Å². The molecule has 3 rings (SSSR count). The van der Waals surface area contributed by atoms with Crippen LogP contribution in [0.15, 0.2) is 34.3 Å². The van der Waals surface area contributed by atoms with Crippen molar-refractivity contribution in [2.24, 2.45) is 15.9 Å². The van der Waals surface area contributed by atoms with Crippen molar-refractivity contribution < 1.29 is 19.1 Å². The Labute approximate surface area is 178 Å². The Morgan fingerprint density at radius 2 is 1.97 bits per heavy atom. The molecular formula is C20H23N5O4S. The van der Waals surface area contributed by atoms with Gasteiger partial charge in [-0.1, -0.05) is 18.7 Å². The van der Waals surface area contributed by atoms with E-state index >= 15 is 0 Å². The van der Waals surface area contributed by atoms with Gasteiger partial charge in [0.05, 0.1) is 12.9 Å². The summed E-state index contributed by atoms with van der Waals surface area (Å²) in [4.78, 5) is 46.5. The topological polar surface area (TPSA) is 124 Å². The summed E-state index contributed by atoms with van der Waals surface area (Å²) in [6.45, 7) is 3.64. The molecule has 0 bridgehead atoms. The number of aliphatic imine (C=N–C) groups is 2. The van der Waals surface area contributed by atoms with E-state index in [-0.39, 0.29) is 28.1 Å². The van der Waals surface area contributed by atoms with E-state index in [4.69, 9.17) is 10.1 Å². The molecule has 158 valence electrons. The first-order valence-corrected chi connectivity index (χ1v) is 10.5. The van der Waals surface area contributed by atoms with Crippen molar-refractivity contribution in [3.8, 4) is 5.75 Å². The van der Waals surface area contributed by atoms with Gasteiger partial charge in [-0.05, 0) is 43.0 Å². The van der Waals surface area contributed by atoms with Crippen molar-refractivity contribution in [2.45, 2.75) is 19.8 Å². The van der Waals surface area contributed by atoms with Crippen LogP contribution in [0.5, 0.6) is 5.75 Å². The Balaban J connectivity index is 1.61. The number of thioether (sulfide) groups is 1. The first-order chi connectivity index (χ1) is 14.4. The number of amidine groups is 2. The summed E-state index contributed by atoms with van der Waals surface area (Å²) in [6, 6.07) is 6.25. The fraction of sp³-hybridized carbons (Fsp3) is 0.400. The van der Waals surface area contributed by atoms with Gasteiger partial charge >= 0.3 is 0 Å². The van der Waals surface area contributed by atoms with Gasteiger partial charge in [-0.25, -0.2) is 4.99 Å². The number of rotatable bonds is 4. The summed E-state index contributed by atoms with van der Waals surface area (Å²) in [7, 11) is 1.51. The van der Waals surface area contributed by atoms with Crippen molar-refractivity contribution in [1.82, 2.24) is 10.2 Å². The normalized spacial score (nSPS) is 18.8. The number of piperidine rings is 1. The van der Waals surface area contributed by atoms with E-state index in [1.54, 1.807) is 12.1 Å². The third-order valence-corrected chi connectivity index (χ3v) is 5.75. The fourth-order valence-electron chi connectivity index (χ4n) is 3.00. The van der Waals surface area contributed by atoms with Crippen LogP contribution < -0.4 is 10.1 Å². The molecule has 0 saturated carbocycles. The summed E-state index contributed by atoms with van der Waals surface area (Å²) < 4.78 is 5.04. The number of hydrogen-bond acceptors (Lipinski definition) is 6. The summed E-state index contributed by atoms with van der Waals surface area (Å²) in [5, 5.41) is 10.6. The summed E-state index contributed by atoms with van der Waals surface area (Å²) in [5.41, 5.74) is -0.106. The molecule has 2 aliphatic heterocycles. The molecule has 0 atom stereocenters. The van der Waals surface area contributed by atoms with Gasteiger partial charge in [-0.2, -0.15) is 4.99 Å². The van der Waals surface area contributed by atoms with Crippen molar-refractivity contribution in [2.75, 3.05) is 26.0 Å². The zero-order chi connectivity index (χ0) is 21.7. The van der Waals surface area contributed by atoms with E-state index in [1.165, 1.54) is 19.2 Å². The second-order valence-corrected chi connectivity index (χ2v) is 8.03. The molecule has 0 spiro atoms. The van der Waals surface area contributed by atoms with Gasteiger partial charge in [-0.15, -0.1) is 0 Å². The van der Waals surface area contributed by atoms with Crippen molar-refractivity contribution >= 4 is 46.2 Å². The fourth-order valence-corrected chi connectivity index (χ4v) is 3.76. The molecule has 0 aliphatic carbocycles. The lowest BCUT2D eigenvalue weighted by molar-refractivity contribution is -0.129. The Morgan fingerprint density at radius 3 is 2.57 bits per heavy atom. The molecule has 9 nitrogen and oxygen atoms in total. The van der Waals surface area contributed by atoms with E-state index in [2.05, 4.69) is 22.2 Å². The first kappa shape index (κ1) is 21.7. The average Bonchev–Trinajstić information content (AvgIpc) is 2.75. The maximum Gasteiger partial charge on any atom is 0.279 e. The molecule has 0 aromatic heterocycles. The van der Waals surface area contributed by atoms with Gasteiger partial charge in [0.1, 0.15) is 5.75 Å². The molecule has 1 aromatic rings. The third kappa shape index (κ3) is 5.32. The van der Waals surface area contributed by atoms with Gasteiger partial charge in [0.15, 0.2) is 16.7 Å². The minimum Gasteiger partial charge on any atom is -0.497 e. The Hall–Kier alpha value is -3.01. The van der Waals surface area contributed by atoms with Gasteiger partial charge in [0, 0.05) is 18.7 Å². The molecule has 3 amide bonds. The Morgan fingerprint density at radius 1 is 1.30 bits per heavy atom. The van der Waals surface area contributed by atoms with Crippen LogP contribution in [0.1, 0.15) is 30.1 Å². The van der Waals surface area contributed by atoms with Crippen molar-refractivity contribution in [3.05, 3.63) is 29.8 Å². The zero-order valence-electron chi connectivity index (χ0n) is 16.8. The molecule has 2 aliphatic rings. The number of hydrogen-bond donors (Lipinski definition) is 2. The van der Waals surface area contributed by atoms with Crippen LogP contribution in [-0.4, -0.2) is 65.3 Å². The number of carbonyl (C=O) groups is 3. The highest BCUT2D eigenvalue weighted by molar-refractivity contribution is 8.14. The second-order valence-electron chi connectivity index (χ2n) is 7.07. The lowest BCUT2D eigenvalue weighted by Gasteiger charge is -2.30. The van der Waals surface area contributed by atoms with Crippen LogP contribution in [0.2, 0.25) is 0 Å². The maximum absolute atomic E-state index is 12.3. The zero-order valence-corrected chi connectivity index (χ0v) is 17.6. The quantitative estimate of drug-likeness (QED) is 0.754. The number of ether oxygens (including phenoxy) is 1. The molecule has 1 saturated heterocycles. The SMILES string of the molecule is COc1ccc(C(=O)N=C2C(=N)N=C(SCC(=O)N3CCC(C)CC3)NC2=O)cc1. The van der Waals surface area contributed by atoms with Crippen LogP contribution in [-0.2, 0) is 9.59 Å². The molecule has 0 unspecified atom stereocenters. The molecule has 2 N–H and O–H groups in total. The minimum atomic E-state index is -0.696. The highest BCUT2D eigenvalue weighted by Gasteiger charge is 2.27. The summed E-state index contributed by atoms with van der Waals surface area (Å²) >= 11 is 1.06. The van der Waals surface area contributed by atoms with E-state index in [0.29, 0.717) is 11.7 Å². The molecule has 2 heterocycles. The number of amides is 3. The number of nitrogens with one attached hydrogen (secondary N) is 2. The van der Waals surface area contributed by atoms with Crippen LogP contribution in [0.3, 0.4) is 0 Å². The largest absolute Gasteiger partial charge is 0.497 e. The smallest absolute Gasteiger partial charge is 0.279 e. The molecule has 1 aromatic carbocycles. The molecule has 0 radical (unpaired) electrons. The Kier molecular flexibility index (Phi) is 6.99. The average molecular weight is 430 g/mol. The monoisotopic (exact) mass is 429 g/mol. The van der Waals surface area contributed by atoms with E-state index < -0.39 is 17.6 Å². The minimum absolute atomic E-state index is 0.0236. The standard InChI is InChI=1S/C20H23N5O4S/c1-12-7-9-25(10-8-12)15(26)11-30-20-23-17(21)16(19(28)24-20)22-18(27)13-3-5-14(29-2)6-4-13/h3-6,12H,7-11H2,1-2H3,(H2,21,23,24,28). The molecule has 10 heteroatoms. The van der Waals surface area contributed by atoms with Crippen LogP contribution in [0.25, 0.3) is 0 Å². The van der Waals surface area contributed by atoms with E-state index in [9.17, 15) is 14.4 Å². The molecular weight excluding hydrogens is 406 g/mol. The summed E-state index contributed by atoms with van der Waals surface area (Å²) in [5.74, 6) is -0.457. The first-order valence-electron chi connectivity index (χ1n) is 9.54. The number of likely N-dealkylation sites (tertiary alicyclic amines) is 1.